The number of amides is 1. The summed E-state index contributed by atoms with van der Waals surface area (Å²) in [4.78, 5) is 12.0. The molecule has 1 amide bonds. The lowest BCUT2D eigenvalue weighted by atomic mass is 9.97. The van der Waals surface area contributed by atoms with Crippen molar-refractivity contribution < 1.29 is 14.3 Å². The van der Waals surface area contributed by atoms with E-state index in [1.807, 2.05) is 39.0 Å². The van der Waals surface area contributed by atoms with E-state index in [1.54, 1.807) is 7.11 Å². The summed E-state index contributed by atoms with van der Waals surface area (Å²) in [6.07, 6.45) is 1.64. The number of benzene rings is 1. The first-order valence-corrected chi connectivity index (χ1v) is 7.75. The number of nitrogens with one attached hydrogen (secondary N) is 2. The largest absolute Gasteiger partial charge is 0.497 e. The molecule has 0 saturated carbocycles. The molecule has 5 nitrogen and oxygen atoms in total. The number of carbonyl (C=O) groups excluding carboxylic acids is 1. The molecule has 0 aliphatic carbocycles. The molecule has 22 heavy (non-hydrogen) atoms. The van der Waals surface area contributed by atoms with Crippen LogP contribution in [-0.4, -0.2) is 31.9 Å². The van der Waals surface area contributed by atoms with E-state index in [-0.39, 0.29) is 0 Å². The highest BCUT2D eigenvalue weighted by Gasteiger charge is 2.20. The molecule has 1 atom stereocenters. The van der Waals surface area contributed by atoms with Crippen LogP contribution in [0.3, 0.4) is 0 Å². The highest BCUT2D eigenvalue weighted by Crippen LogP contribution is 2.27. The van der Waals surface area contributed by atoms with E-state index in [9.17, 15) is 4.79 Å². The monoisotopic (exact) mass is 306 g/mol. The van der Waals surface area contributed by atoms with Crippen LogP contribution in [0.25, 0.3) is 0 Å². The molecule has 0 bridgehead atoms. The van der Waals surface area contributed by atoms with Gasteiger partial charge in [-0.15, -0.1) is 0 Å². The Morgan fingerprint density at radius 1 is 1.41 bits per heavy atom. The second-order valence-corrected chi connectivity index (χ2v) is 6.71. The number of carbonyl (C=O) groups is 1. The molecule has 2 rings (SSSR count). The molecule has 2 N–H and O–H groups in total. The van der Waals surface area contributed by atoms with E-state index in [0.29, 0.717) is 5.92 Å². The summed E-state index contributed by atoms with van der Waals surface area (Å²) in [6, 6.07) is 5.72. The molecule has 1 fully saturated rings. The molecule has 0 aromatic heterocycles. The summed E-state index contributed by atoms with van der Waals surface area (Å²) < 4.78 is 10.6. The van der Waals surface area contributed by atoms with Gasteiger partial charge in [-0.2, -0.15) is 0 Å². The Kier molecular flexibility index (Phi) is 5.29. The fourth-order valence-electron chi connectivity index (χ4n) is 2.60. The summed E-state index contributed by atoms with van der Waals surface area (Å²) in [5.41, 5.74) is 1.37. The van der Waals surface area contributed by atoms with Crippen molar-refractivity contribution in [1.29, 1.82) is 0 Å². The van der Waals surface area contributed by atoms with Crippen molar-refractivity contribution in [3.05, 3.63) is 23.8 Å². The third kappa shape index (κ3) is 4.91. The minimum absolute atomic E-state index is 0.427. The normalized spacial score (nSPS) is 18.1. The average molecular weight is 306 g/mol. The van der Waals surface area contributed by atoms with E-state index >= 15 is 0 Å². The van der Waals surface area contributed by atoms with Crippen molar-refractivity contribution in [2.45, 2.75) is 39.2 Å². The van der Waals surface area contributed by atoms with Crippen LogP contribution in [0.1, 0.15) is 32.8 Å². The van der Waals surface area contributed by atoms with E-state index in [1.165, 1.54) is 0 Å². The highest BCUT2D eigenvalue weighted by molar-refractivity contribution is 5.86. The standard InChI is InChI=1S/C17H26N2O3/c1-17(2,3)22-16(20)19-15-6-5-14(21-4)10-13(15)9-12-7-8-18-11-12/h5-6,10,12,18H,7-9,11H2,1-4H3,(H,19,20). The van der Waals surface area contributed by atoms with Gasteiger partial charge in [0.05, 0.1) is 7.11 Å². The third-order valence-corrected chi connectivity index (χ3v) is 3.62. The van der Waals surface area contributed by atoms with Gasteiger partial charge in [-0.3, -0.25) is 5.32 Å². The fraction of sp³-hybridized carbons (Fsp3) is 0.588. The fourth-order valence-corrected chi connectivity index (χ4v) is 2.60. The molecular weight excluding hydrogens is 280 g/mol. The number of rotatable bonds is 4. The molecule has 1 aliphatic rings. The number of ether oxygens (including phenoxy) is 2. The number of hydrogen-bond acceptors (Lipinski definition) is 4. The van der Waals surface area contributed by atoms with Gasteiger partial charge in [0.2, 0.25) is 0 Å². The zero-order chi connectivity index (χ0) is 16.2. The lowest BCUT2D eigenvalue weighted by molar-refractivity contribution is 0.0635. The topological polar surface area (TPSA) is 59.6 Å². The molecule has 0 spiro atoms. The van der Waals surface area contributed by atoms with Crippen molar-refractivity contribution in [3.63, 3.8) is 0 Å². The Bertz CT molecular complexity index is 517. The highest BCUT2D eigenvalue weighted by atomic mass is 16.6. The summed E-state index contributed by atoms with van der Waals surface area (Å²) in [5.74, 6) is 1.39. The quantitative estimate of drug-likeness (QED) is 0.897. The van der Waals surface area contributed by atoms with Crippen LogP contribution in [0.5, 0.6) is 5.75 Å². The van der Waals surface area contributed by atoms with Gasteiger partial charge in [0.1, 0.15) is 11.4 Å². The van der Waals surface area contributed by atoms with Crippen LogP contribution in [-0.2, 0) is 11.2 Å². The summed E-state index contributed by atoms with van der Waals surface area (Å²) >= 11 is 0. The molecule has 1 saturated heterocycles. The Balaban J connectivity index is 2.12. The smallest absolute Gasteiger partial charge is 0.412 e. The second-order valence-electron chi connectivity index (χ2n) is 6.71. The second kappa shape index (κ2) is 7.01. The molecule has 5 heteroatoms. The molecule has 122 valence electrons. The van der Waals surface area contributed by atoms with Gasteiger partial charge in [-0.25, -0.2) is 4.79 Å². The van der Waals surface area contributed by atoms with Crippen LogP contribution in [0, 0.1) is 5.92 Å². The van der Waals surface area contributed by atoms with Gasteiger partial charge in [0.15, 0.2) is 0 Å². The van der Waals surface area contributed by atoms with Gasteiger partial charge >= 0.3 is 6.09 Å². The number of anilines is 1. The zero-order valence-electron chi connectivity index (χ0n) is 13.9. The lowest BCUT2D eigenvalue weighted by Crippen LogP contribution is -2.27. The number of methoxy groups -OCH3 is 1. The average Bonchev–Trinajstić information content (AvgIpc) is 2.91. The van der Waals surface area contributed by atoms with Crippen molar-refractivity contribution in [2.75, 3.05) is 25.5 Å². The molecule has 1 aliphatic heterocycles. The van der Waals surface area contributed by atoms with E-state index < -0.39 is 11.7 Å². The van der Waals surface area contributed by atoms with Crippen LogP contribution in [0.4, 0.5) is 10.5 Å². The van der Waals surface area contributed by atoms with Crippen molar-refractivity contribution in [3.8, 4) is 5.75 Å². The number of hydrogen-bond donors (Lipinski definition) is 2. The predicted octanol–water partition coefficient (Wildman–Crippen LogP) is 3.19. The van der Waals surface area contributed by atoms with Gasteiger partial charge in [-0.05, 0) is 76.4 Å². The summed E-state index contributed by atoms with van der Waals surface area (Å²) in [7, 11) is 1.65. The molecule has 1 heterocycles. The first kappa shape index (κ1) is 16.6. The zero-order valence-corrected chi connectivity index (χ0v) is 13.9. The third-order valence-electron chi connectivity index (χ3n) is 3.62. The summed E-state index contributed by atoms with van der Waals surface area (Å²) in [5, 5.41) is 6.22. The maximum absolute atomic E-state index is 12.0. The van der Waals surface area contributed by atoms with Crippen LogP contribution >= 0.6 is 0 Å². The van der Waals surface area contributed by atoms with Crippen molar-refractivity contribution in [1.82, 2.24) is 5.32 Å². The van der Waals surface area contributed by atoms with E-state index in [4.69, 9.17) is 9.47 Å². The van der Waals surface area contributed by atoms with Gasteiger partial charge in [0.25, 0.3) is 0 Å². The van der Waals surface area contributed by atoms with Crippen LogP contribution < -0.4 is 15.4 Å². The SMILES string of the molecule is COc1ccc(NC(=O)OC(C)(C)C)c(CC2CCNC2)c1. The maximum Gasteiger partial charge on any atom is 0.412 e. The molecule has 1 aromatic carbocycles. The maximum atomic E-state index is 12.0. The van der Waals surface area contributed by atoms with Crippen molar-refractivity contribution in [2.24, 2.45) is 5.92 Å². The predicted molar refractivity (Wildman–Crippen MR) is 87.5 cm³/mol. The minimum atomic E-state index is -0.508. The van der Waals surface area contributed by atoms with Crippen LogP contribution in [0.2, 0.25) is 0 Å². The molecule has 1 unspecified atom stereocenters. The molecule has 0 radical (unpaired) electrons. The lowest BCUT2D eigenvalue weighted by Gasteiger charge is -2.21. The first-order valence-electron chi connectivity index (χ1n) is 7.75. The van der Waals surface area contributed by atoms with Crippen molar-refractivity contribution >= 4 is 11.8 Å². The Hall–Kier alpha value is -1.75. The van der Waals surface area contributed by atoms with E-state index in [0.717, 1.165) is 42.9 Å². The molecular formula is C17H26N2O3. The van der Waals surface area contributed by atoms with E-state index in [2.05, 4.69) is 10.6 Å². The Morgan fingerprint density at radius 2 is 2.18 bits per heavy atom. The molecule has 1 aromatic rings. The summed E-state index contributed by atoms with van der Waals surface area (Å²) in [6.45, 7) is 7.63. The Labute approximate surface area is 132 Å². The van der Waals surface area contributed by atoms with Crippen LogP contribution in [0.15, 0.2) is 18.2 Å². The minimum Gasteiger partial charge on any atom is -0.497 e. The first-order chi connectivity index (χ1) is 10.4. The van der Waals surface area contributed by atoms with Gasteiger partial charge in [-0.1, -0.05) is 0 Å². The van der Waals surface area contributed by atoms with Gasteiger partial charge < -0.3 is 14.8 Å². The Morgan fingerprint density at radius 3 is 2.77 bits per heavy atom. The van der Waals surface area contributed by atoms with Gasteiger partial charge in [0, 0.05) is 5.69 Å².